The predicted molar refractivity (Wildman–Crippen MR) is 108 cm³/mol. The van der Waals surface area contributed by atoms with Crippen molar-refractivity contribution >= 4 is 17.5 Å². The molecular formula is C21H26N2O5. The summed E-state index contributed by atoms with van der Waals surface area (Å²) >= 11 is 0. The zero-order chi connectivity index (χ0) is 20.7. The lowest BCUT2D eigenvalue weighted by molar-refractivity contribution is -0.116. The average Bonchev–Trinajstić information content (AvgIpc) is 2.70. The number of rotatable bonds is 8. The predicted octanol–water partition coefficient (Wildman–Crippen LogP) is 2.80. The molecule has 0 aliphatic heterocycles. The first-order valence-corrected chi connectivity index (χ1v) is 8.84. The minimum atomic E-state index is -0.187. The fourth-order valence-electron chi connectivity index (χ4n) is 2.78. The Bertz CT molecular complexity index is 808. The molecule has 0 aromatic heterocycles. The number of hydrogen-bond donors (Lipinski definition) is 1. The number of hydrogen-bond acceptors (Lipinski definition) is 5. The van der Waals surface area contributed by atoms with Gasteiger partial charge >= 0.3 is 0 Å². The van der Waals surface area contributed by atoms with E-state index in [1.165, 1.54) is 28.3 Å². The van der Waals surface area contributed by atoms with Crippen molar-refractivity contribution in [1.82, 2.24) is 5.32 Å². The van der Waals surface area contributed by atoms with Crippen molar-refractivity contribution < 1.29 is 23.8 Å². The smallest absolute Gasteiger partial charge is 0.251 e. The molecule has 0 saturated carbocycles. The molecule has 28 heavy (non-hydrogen) atoms. The zero-order valence-electron chi connectivity index (χ0n) is 16.9. The van der Waals surface area contributed by atoms with E-state index in [2.05, 4.69) is 5.32 Å². The van der Waals surface area contributed by atoms with Gasteiger partial charge in [-0.05, 0) is 19.1 Å². The van der Waals surface area contributed by atoms with Crippen molar-refractivity contribution in [3.05, 3.63) is 47.5 Å². The highest BCUT2D eigenvalue weighted by Gasteiger charge is 2.19. The molecule has 7 nitrogen and oxygen atoms in total. The number of nitrogens with one attached hydrogen (secondary N) is 1. The van der Waals surface area contributed by atoms with E-state index in [4.69, 9.17) is 14.2 Å². The maximum atomic E-state index is 12.3. The van der Waals surface area contributed by atoms with Gasteiger partial charge in [-0.15, -0.1) is 0 Å². The maximum absolute atomic E-state index is 12.3. The van der Waals surface area contributed by atoms with Crippen molar-refractivity contribution in [3.63, 3.8) is 0 Å². The number of methoxy groups -OCH3 is 3. The molecular weight excluding hydrogens is 360 g/mol. The second-order valence-electron chi connectivity index (χ2n) is 6.18. The number of aryl methyl sites for hydroxylation is 1. The van der Waals surface area contributed by atoms with Crippen molar-refractivity contribution in [2.75, 3.05) is 39.3 Å². The van der Waals surface area contributed by atoms with E-state index in [1.807, 2.05) is 19.1 Å². The van der Waals surface area contributed by atoms with Crippen LogP contribution in [0.1, 0.15) is 22.8 Å². The van der Waals surface area contributed by atoms with Crippen LogP contribution in [0.3, 0.4) is 0 Å². The van der Waals surface area contributed by atoms with Crippen molar-refractivity contribution in [2.24, 2.45) is 0 Å². The van der Waals surface area contributed by atoms with Crippen LogP contribution in [0, 0.1) is 6.92 Å². The number of nitrogens with zero attached hydrogens (tertiary/aromatic N) is 1. The minimum absolute atomic E-state index is 0.168. The van der Waals surface area contributed by atoms with Gasteiger partial charge in [0.25, 0.3) is 5.91 Å². The topological polar surface area (TPSA) is 77.1 Å². The third-order valence-electron chi connectivity index (χ3n) is 4.28. The summed E-state index contributed by atoms with van der Waals surface area (Å²) in [4.78, 5) is 26.0. The highest BCUT2D eigenvalue weighted by Crippen LogP contribution is 2.41. The van der Waals surface area contributed by atoms with Gasteiger partial charge in [-0.25, -0.2) is 0 Å². The van der Waals surface area contributed by atoms with Crippen molar-refractivity contribution in [2.45, 2.75) is 13.8 Å². The largest absolute Gasteiger partial charge is 0.493 e. The maximum Gasteiger partial charge on any atom is 0.251 e. The third kappa shape index (κ3) is 4.94. The molecule has 2 rings (SSSR count). The fraction of sp³-hybridized carbons (Fsp3) is 0.333. The SMILES string of the molecule is COc1cc(N(CCNC(=O)c2ccc(C)cc2)C(C)=O)cc(OC)c1OC. The summed E-state index contributed by atoms with van der Waals surface area (Å²) in [6.07, 6.45) is 0. The van der Waals surface area contributed by atoms with Crippen molar-refractivity contribution in [1.29, 1.82) is 0 Å². The molecule has 0 saturated heterocycles. The van der Waals surface area contributed by atoms with E-state index in [1.54, 1.807) is 29.2 Å². The molecule has 0 radical (unpaired) electrons. The van der Waals surface area contributed by atoms with E-state index < -0.39 is 0 Å². The highest BCUT2D eigenvalue weighted by atomic mass is 16.5. The molecule has 2 aromatic carbocycles. The number of ether oxygens (including phenoxy) is 3. The van der Waals surface area contributed by atoms with Crippen LogP contribution in [0.4, 0.5) is 5.69 Å². The monoisotopic (exact) mass is 386 g/mol. The van der Waals surface area contributed by atoms with Gasteiger partial charge in [-0.2, -0.15) is 0 Å². The molecule has 7 heteroatoms. The lowest BCUT2D eigenvalue weighted by Crippen LogP contribution is -2.37. The van der Waals surface area contributed by atoms with Crippen LogP contribution in [0.15, 0.2) is 36.4 Å². The second kappa shape index (κ2) is 9.64. The molecule has 0 aliphatic rings. The summed E-state index contributed by atoms with van der Waals surface area (Å²) in [5.41, 5.74) is 2.25. The summed E-state index contributed by atoms with van der Waals surface area (Å²) in [5.74, 6) is 0.996. The first-order valence-electron chi connectivity index (χ1n) is 8.84. The summed E-state index contributed by atoms with van der Waals surface area (Å²) < 4.78 is 16.0. The van der Waals surface area contributed by atoms with Crippen LogP contribution in [0.5, 0.6) is 17.2 Å². The molecule has 2 amide bonds. The van der Waals surface area contributed by atoms with Crippen LogP contribution in [0.2, 0.25) is 0 Å². The Hall–Kier alpha value is -3.22. The van der Waals surface area contributed by atoms with Crippen LogP contribution in [0.25, 0.3) is 0 Å². The lowest BCUT2D eigenvalue weighted by atomic mass is 10.1. The quantitative estimate of drug-likeness (QED) is 0.755. The molecule has 0 unspecified atom stereocenters. The molecule has 0 aliphatic carbocycles. The standard InChI is InChI=1S/C21H26N2O5/c1-14-6-8-16(9-7-14)21(25)22-10-11-23(15(2)24)17-12-18(26-3)20(28-5)19(13-17)27-4/h6-9,12-13H,10-11H2,1-5H3,(H,22,25). The summed E-state index contributed by atoms with van der Waals surface area (Å²) in [7, 11) is 4.55. The number of carbonyl (C=O) groups is 2. The molecule has 1 N–H and O–H groups in total. The first-order chi connectivity index (χ1) is 13.4. The minimum Gasteiger partial charge on any atom is -0.493 e. The molecule has 0 spiro atoms. The van der Waals surface area contributed by atoms with Gasteiger partial charge in [0.05, 0.1) is 27.0 Å². The molecule has 0 atom stereocenters. The average molecular weight is 386 g/mol. The molecule has 0 heterocycles. The summed E-state index contributed by atoms with van der Waals surface area (Å²) in [6, 6.07) is 10.7. The Balaban J connectivity index is 2.14. The van der Waals surface area contributed by atoms with Gasteiger partial charge in [-0.3, -0.25) is 9.59 Å². The van der Waals surface area contributed by atoms with Crippen LogP contribution in [-0.4, -0.2) is 46.2 Å². The normalized spacial score (nSPS) is 10.2. The van der Waals surface area contributed by atoms with Gasteiger partial charge in [0.1, 0.15) is 0 Å². The Morgan fingerprint density at radius 3 is 2.00 bits per heavy atom. The van der Waals surface area contributed by atoms with E-state index in [0.29, 0.717) is 41.6 Å². The number of benzene rings is 2. The number of amides is 2. The Kier molecular flexibility index (Phi) is 7.26. The Labute approximate surface area is 165 Å². The van der Waals surface area contributed by atoms with Crippen LogP contribution in [-0.2, 0) is 4.79 Å². The van der Waals surface area contributed by atoms with Gasteiger partial charge < -0.3 is 24.4 Å². The van der Waals surface area contributed by atoms with E-state index in [-0.39, 0.29) is 11.8 Å². The number of anilines is 1. The Morgan fingerprint density at radius 1 is 0.964 bits per heavy atom. The van der Waals surface area contributed by atoms with Crippen LogP contribution >= 0.6 is 0 Å². The van der Waals surface area contributed by atoms with Gasteiger partial charge in [0.2, 0.25) is 11.7 Å². The summed E-state index contributed by atoms with van der Waals surface area (Å²) in [5, 5.41) is 2.83. The lowest BCUT2D eigenvalue weighted by Gasteiger charge is -2.23. The highest BCUT2D eigenvalue weighted by molar-refractivity contribution is 5.95. The fourth-order valence-corrected chi connectivity index (χ4v) is 2.78. The number of carbonyl (C=O) groups excluding carboxylic acids is 2. The van der Waals surface area contributed by atoms with E-state index in [9.17, 15) is 9.59 Å². The zero-order valence-corrected chi connectivity index (χ0v) is 16.9. The van der Waals surface area contributed by atoms with E-state index in [0.717, 1.165) is 5.56 Å². The second-order valence-corrected chi connectivity index (χ2v) is 6.18. The van der Waals surface area contributed by atoms with E-state index >= 15 is 0 Å². The van der Waals surface area contributed by atoms with Gasteiger partial charge in [0.15, 0.2) is 11.5 Å². The van der Waals surface area contributed by atoms with Crippen LogP contribution < -0.4 is 24.4 Å². The molecule has 0 bridgehead atoms. The first kappa shape index (κ1) is 21.1. The van der Waals surface area contributed by atoms with Crippen molar-refractivity contribution in [3.8, 4) is 17.2 Å². The van der Waals surface area contributed by atoms with Gasteiger partial charge in [-0.1, -0.05) is 17.7 Å². The molecule has 2 aromatic rings. The molecule has 150 valence electrons. The molecule has 0 fully saturated rings. The third-order valence-corrected chi connectivity index (χ3v) is 4.28. The Morgan fingerprint density at radius 2 is 1.54 bits per heavy atom. The van der Waals surface area contributed by atoms with Gasteiger partial charge in [0, 0.05) is 37.7 Å². The summed E-state index contributed by atoms with van der Waals surface area (Å²) in [6.45, 7) is 4.02.